The number of aromatic hydroxyl groups is 1. The molecule has 0 unspecified atom stereocenters. The average molecular weight is 461 g/mol. The Hall–Kier alpha value is -3.27. The van der Waals surface area contributed by atoms with E-state index in [-0.39, 0.29) is 35.3 Å². The molecule has 0 bridgehead atoms. The third-order valence-corrected chi connectivity index (χ3v) is 6.46. The second-order valence-corrected chi connectivity index (χ2v) is 8.84. The van der Waals surface area contributed by atoms with Gasteiger partial charge in [-0.3, -0.25) is 14.4 Å². The van der Waals surface area contributed by atoms with Gasteiger partial charge in [0.25, 0.3) is 11.8 Å². The number of hydrogen-bond donors (Lipinski definition) is 2. The summed E-state index contributed by atoms with van der Waals surface area (Å²) >= 11 is 0. The Morgan fingerprint density at radius 2 is 2.06 bits per heavy atom. The molecular formula is C23H25F2N3O5. The molecule has 2 amide bonds. The molecule has 0 radical (unpaired) electrons. The highest BCUT2D eigenvalue weighted by molar-refractivity contribution is 5.99. The largest absolute Gasteiger partial charge is 0.503 e. The molecule has 1 saturated carbocycles. The SMILES string of the molecule is COC[C@@H]1C[C@@]12CN(C(C)C)C(=O)c1c(O)c(=O)c(C(=O)NCc3ccc(F)cc3F)cn12. The van der Waals surface area contributed by atoms with Crippen LogP contribution >= 0.6 is 0 Å². The lowest BCUT2D eigenvalue weighted by Crippen LogP contribution is -2.52. The van der Waals surface area contributed by atoms with Crippen molar-refractivity contribution in [3.05, 3.63) is 63.1 Å². The van der Waals surface area contributed by atoms with E-state index in [4.69, 9.17) is 4.74 Å². The Labute approximate surface area is 188 Å². The van der Waals surface area contributed by atoms with Crippen molar-refractivity contribution in [1.82, 2.24) is 14.8 Å². The number of hydrogen-bond acceptors (Lipinski definition) is 5. The van der Waals surface area contributed by atoms with Crippen molar-refractivity contribution < 1.29 is 28.2 Å². The van der Waals surface area contributed by atoms with Crippen LogP contribution in [0.2, 0.25) is 0 Å². The number of amides is 2. The van der Waals surface area contributed by atoms with E-state index in [0.29, 0.717) is 25.6 Å². The lowest BCUT2D eigenvalue weighted by molar-refractivity contribution is 0.0543. The number of pyridine rings is 1. The molecule has 2 N–H and O–H groups in total. The van der Waals surface area contributed by atoms with Crippen molar-refractivity contribution in [2.45, 2.75) is 38.4 Å². The lowest BCUT2D eigenvalue weighted by atomic mass is 10.0. The molecule has 2 heterocycles. The molecule has 10 heteroatoms. The first kappa shape index (κ1) is 22.9. The highest BCUT2D eigenvalue weighted by atomic mass is 19.1. The fourth-order valence-corrected chi connectivity index (χ4v) is 4.52. The standard InChI is InChI=1S/C23H25F2N3O5/c1-12(2)27-11-23(7-14(23)10-33-3)28-9-16(19(29)20(30)18(28)22(27)32)21(31)26-8-13-4-5-15(24)6-17(13)25/h4-6,9,12,14,30H,7-8,10-11H2,1-3H3,(H,26,31)/t14-,23+/m0/s1. The number of nitrogens with zero attached hydrogens (tertiary/aromatic N) is 2. The number of methoxy groups -OCH3 is 1. The van der Waals surface area contributed by atoms with Gasteiger partial charge in [0.05, 0.1) is 12.1 Å². The first-order chi connectivity index (χ1) is 15.6. The minimum absolute atomic E-state index is 0.0294. The smallest absolute Gasteiger partial charge is 0.274 e. The zero-order chi connectivity index (χ0) is 24.1. The third-order valence-electron chi connectivity index (χ3n) is 6.46. The number of halogens is 2. The van der Waals surface area contributed by atoms with E-state index in [1.807, 2.05) is 13.8 Å². The molecule has 0 saturated heterocycles. The summed E-state index contributed by atoms with van der Waals surface area (Å²) in [5, 5.41) is 13.1. The molecule has 4 rings (SSSR count). The minimum Gasteiger partial charge on any atom is -0.503 e. The van der Waals surface area contributed by atoms with Crippen LogP contribution in [0.4, 0.5) is 8.78 Å². The molecule has 1 aliphatic heterocycles. The van der Waals surface area contributed by atoms with Gasteiger partial charge in [-0.2, -0.15) is 0 Å². The summed E-state index contributed by atoms with van der Waals surface area (Å²) in [6.07, 6.45) is 1.94. The normalized spacial score (nSPS) is 21.5. The summed E-state index contributed by atoms with van der Waals surface area (Å²) in [5.41, 5.74) is -2.08. The van der Waals surface area contributed by atoms with Crippen LogP contribution in [0, 0.1) is 17.6 Å². The Kier molecular flexibility index (Phi) is 5.73. The maximum Gasteiger partial charge on any atom is 0.274 e. The molecular weight excluding hydrogens is 436 g/mol. The molecule has 1 aromatic carbocycles. The topological polar surface area (TPSA) is 101 Å². The first-order valence-electron chi connectivity index (χ1n) is 10.6. The van der Waals surface area contributed by atoms with Crippen LogP contribution in [0.25, 0.3) is 0 Å². The molecule has 2 aromatic rings. The molecule has 1 fully saturated rings. The minimum atomic E-state index is -0.989. The van der Waals surface area contributed by atoms with E-state index in [1.54, 1.807) is 12.0 Å². The van der Waals surface area contributed by atoms with Gasteiger partial charge in [-0.05, 0) is 26.3 Å². The van der Waals surface area contributed by atoms with Crippen LogP contribution in [0.15, 0.2) is 29.2 Å². The van der Waals surface area contributed by atoms with Crippen molar-refractivity contribution in [2.24, 2.45) is 5.92 Å². The van der Waals surface area contributed by atoms with Crippen LogP contribution in [-0.2, 0) is 16.8 Å². The predicted molar refractivity (Wildman–Crippen MR) is 114 cm³/mol. The number of carbonyl (C=O) groups excluding carboxylic acids is 2. The summed E-state index contributed by atoms with van der Waals surface area (Å²) in [4.78, 5) is 40.3. The fraction of sp³-hybridized carbons (Fsp3) is 0.435. The molecule has 2 atom stereocenters. The molecule has 1 spiro atoms. The predicted octanol–water partition coefficient (Wildman–Crippen LogP) is 1.99. The van der Waals surface area contributed by atoms with Gasteiger partial charge in [-0.25, -0.2) is 8.78 Å². The Balaban J connectivity index is 1.72. The van der Waals surface area contributed by atoms with Gasteiger partial charge < -0.3 is 24.6 Å². The molecule has 2 aliphatic rings. The fourth-order valence-electron chi connectivity index (χ4n) is 4.52. The maximum absolute atomic E-state index is 13.9. The van der Waals surface area contributed by atoms with E-state index in [2.05, 4.69) is 5.32 Å². The van der Waals surface area contributed by atoms with Crippen molar-refractivity contribution in [1.29, 1.82) is 0 Å². The van der Waals surface area contributed by atoms with E-state index in [9.17, 15) is 28.3 Å². The quantitative estimate of drug-likeness (QED) is 0.685. The summed E-state index contributed by atoms with van der Waals surface area (Å²) in [6, 6.07) is 2.79. The number of rotatable bonds is 6. The lowest BCUT2D eigenvalue weighted by Gasteiger charge is -2.39. The molecule has 33 heavy (non-hydrogen) atoms. The summed E-state index contributed by atoms with van der Waals surface area (Å²) in [5.74, 6) is -3.68. The van der Waals surface area contributed by atoms with Crippen molar-refractivity contribution >= 4 is 11.8 Å². The van der Waals surface area contributed by atoms with E-state index >= 15 is 0 Å². The average Bonchev–Trinajstić information content (AvgIpc) is 3.44. The molecule has 176 valence electrons. The van der Waals surface area contributed by atoms with Crippen LogP contribution < -0.4 is 10.7 Å². The number of fused-ring (bicyclic) bond motifs is 2. The molecule has 8 nitrogen and oxygen atoms in total. The number of ether oxygens (including phenoxy) is 1. The van der Waals surface area contributed by atoms with E-state index in [0.717, 1.165) is 6.07 Å². The summed E-state index contributed by atoms with van der Waals surface area (Å²) in [7, 11) is 1.57. The first-order valence-corrected chi connectivity index (χ1v) is 10.6. The zero-order valence-corrected chi connectivity index (χ0v) is 18.5. The van der Waals surface area contributed by atoms with Gasteiger partial charge in [0, 0.05) is 50.0 Å². The van der Waals surface area contributed by atoms with Crippen LogP contribution in [0.5, 0.6) is 5.75 Å². The Bertz CT molecular complexity index is 1200. The number of carbonyl (C=O) groups is 2. The van der Waals surface area contributed by atoms with Crippen LogP contribution in [-0.4, -0.2) is 52.7 Å². The highest BCUT2D eigenvalue weighted by Gasteiger charge is 2.60. The van der Waals surface area contributed by atoms with Crippen molar-refractivity contribution in [2.75, 3.05) is 20.3 Å². The second-order valence-electron chi connectivity index (χ2n) is 8.84. The molecule has 1 aromatic heterocycles. The van der Waals surface area contributed by atoms with Crippen molar-refractivity contribution in [3.8, 4) is 5.75 Å². The number of aromatic nitrogens is 1. The van der Waals surface area contributed by atoms with Gasteiger partial charge >= 0.3 is 0 Å². The Morgan fingerprint density at radius 3 is 2.70 bits per heavy atom. The van der Waals surface area contributed by atoms with Crippen molar-refractivity contribution in [3.63, 3.8) is 0 Å². The summed E-state index contributed by atoms with van der Waals surface area (Å²) < 4.78 is 33.8. The Morgan fingerprint density at radius 1 is 1.33 bits per heavy atom. The summed E-state index contributed by atoms with van der Waals surface area (Å²) in [6.45, 7) is 4.18. The van der Waals surface area contributed by atoms with E-state index in [1.165, 1.54) is 16.8 Å². The van der Waals surface area contributed by atoms with E-state index < -0.39 is 40.2 Å². The van der Waals surface area contributed by atoms with Gasteiger partial charge in [-0.1, -0.05) is 6.07 Å². The van der Waals surface area contributed by atoms with Gasteiger partial charge in [-0.15, -0.1) is 0 Å². The monoisotopic (exact) mass is 461 g/mol. The second kappa shape index (κ2) is 8.26. The number of nitrogens with one attached hydrogen (secondary N) is 1. The van der Waals surface area contributed by atoms with Gasteiger partial charge in [0.15, 0.2) is 11.4 Å². The van der Waals surface area contributed by atoms with Gasteiger partial charge in [0.2, 0.25) is 5.43 Å². The van der Waals surface area contributed by atoms with Crippen LogP contribution in [0.1, 0.15) is 46.7 Å². The highest BCUT2D eigenvalue weighted by Crippen LogP contribution is 2.54. The van der Waals surface area contributed by atoms with Gasteiger partial charge in [0.1, 0.15) is 17.2 Å². The van der Waals surface area contributed by atoms with Crippen LogP contribution in [0.3, 0.4) is 0 Å². The maximum atomic E-state index is 13.9. The number of benzene rings is 1. The molecule has 1 aliphatic carbocycles. The zero-order valence-electron chi connectivity index (χ0n) is 18.5. The third kappa shape index (κ3) is 3.78.